The van der Waals surface area contributed by atoms with Crippen LogP contribution in [-0.4, -0.2) is 45.7 Å². The van der Waals surface area contributed by atoms with E-state index in [2.05, 4.69) is 20.0 Å². The SMILES string of the molecule is CCN1C(=O)CC[C@H]1c1nc(CNS(=O)(=O)c2cnn(C)c2)no1. The lowest BCUT2D eigenvalue weighted by molar-refractivity contribution is -0.129. The highest BCUT2D eigenvalue weighted by molar-refractivity contribution is 7.89. The van der Waals surface area contributed by atoms with Crippen molar-refractivity contribution in [2.45, 2.75) is 37.2 Å². The highest BCUT2D eigenvalue weighted by Crippen LogP contribution is 2.31. The zero-order valence-corrected chi connectivity index (χ0v) is 14.2. The molecular formula is C13H18N6O4S. The van der Waals surface area contributed by atoms with Gasteiger partial charge in [0.2, 0.25) is 21.8 Å². The van der Waals surface area contributed by atoms with Crippen LogP contribution in [0.3, 0.4) is 0 Å². The van der Waals surface area contributed by atoms with Crippen molar-refractivity contribution in [3.63, 3.8) is 0 Å². The summed E-state index contributed by atoms with van der Waals surface area (Å²) in [6, 6.07) is -0.237. The molecule has 2 aromatic heterocycles. The number of likely N-dealkylation sites (tertiary alicyclic amines) is 1. The summed E-state index contributed by atoms with van der Waals surface area (Å²) in [5.74, 6) is 0.602. The number of carbonyl (C=O) groups is 1. The Bertz CT molecular complexity index is 842. The molecule has 0 aliphatic carbocycles. The number of nitrogens with one attached hydrogen (secondary N) is 1. The first kappa shape index (κ1) is 16.6. The van der Waals surface area contributed by atoms with E-state index in [1.165, 1.54) is 17.1 Å². The molecule has 0 bridgehead atoms. The molecule has 24 heavy (non-hydrogen) atoms. The van der Waals surface area contributed by atoms with Crippen molar-refractivity contribution in [2.24, 2.45) is 7.05 Å². The van der Waals surface area contributed by atoms with Gasteiger partial charge in [0.25, 0.3) is 0 Å². The number of hydrogen-bond acceptors (Lipinski definition) is 7. The van der Waals surface area contributed by atoms with E-state index in [9.17, 15) is 13.2 Å². The molecule has 1 N–H and O–H groups in total. The number of aryl methyl sites for hydroxylation is 1. The summed E-state index contributed by atoms with van der Waals surface area (Å²) < 4.78 is 33.2. The standard InChI is InChI=1S/C13H18N6O4S/c1-3-19-10(4-5-12(19)20)13-16-11(17-23-13)7-15-24(21,22)9-6-14-18(2)8-9/h6,8,10,15H,3-5,7H2,1-2H3/t10-/m0/s1. The first-order valence-corrected chi connectivity index (χ1v) is 8.99. The van der Waals surface area contributed by atoms with E-state index in [1.54, 1.807) is 11.9 Å². The normalized spacial score (nSPS) is 18.5. The Balaban J connectivity index is 1.67. The van der Waals surface area contributed by atoms with Crippen molar-refractivity contribution >= 4 is 15.9 Å². The Morgan fingerprint density at radius 3 is 2.92 bits per heavy atom. The van der Waals surface area contributed by atoms with Gasteiger partial charge in [-0.3, -0.25) is 9.48 Å². The van der Waals surface area contributed by atoms with E-state index >= 15 is 0 Å². The Morgan fingerprint density at radius 1 is 1.46 bits per heavy atom. The summed E-state index contributed by atoms with van der Waals surface area (Å²) in [7, 11) is -2.06. The van der Waals surface area contributed by atoms with Crippen LogP contribution in [0.1, 0.15) is 37.5 Å². The molecular weight excluding hydrogens is 336 g/mol. The third-order valence-electron chi connectivity index (χ3n) is 3.85. The predicted molar refractivity (Wildman–Crippen MR) is 80.9 cm³/mol. The Labute approximate surface area is 138 Å². The molecule has 11 heteroatoms. The summed E-state index contributed by atoms with van der Waals surface area (Å²) in [5, 5.41) is 7.61. The van der Waals surface area contributed by atoms with Crippen LogP contribution in [0.4, 0.5) is 0 Å². The average molecular weight is 354 g/mol. The smallest absolute Gasteiger partial charge is 0.249 e. The Hall–Kier alpha value is -2.27. The second kappa shape index (κ2) is 6.32. The van der Waals surface area contributed by atoms with Crippen LogP contribution < -0.4 is 4.72 Å². The highest BCUT2D eigenvalue weighted by Gasteiger charge is 2.34. The summed E-state index contributed by atoms with van der Waals surface area (Å²) in [4.78, 5) is 17.7. The third-order valence-corrected chi connectivity index (χ3v) is 5.21. The van der Waals surface area contributed by atoms with Gasteiger partial charge < -0.3 is 9.42 Å². The van der Waals surface area contributed by atoms with Crippen LogP contribution in [0.2, 0.25) is 0 Å². The van der Waals surface area contributed by atoms with Gasteiger partial charge in [0.1, 0.15) is 10.9 Å². The molecule has 1 amide bonds. The Kier molecular flexibility index (Phi) is 4.37. The molecule has 1 aliphatic heterocycles. The predicted octanol–water partition coefficient (Wildman–Crippen LogP) is -0.0350. The minimum atomic E-state index is -3.69. The molecule has 1 fully saturated rings. The van der Waals surface area contributed by atoms with Gasteiger partial charge in [-0.25, -0.2) is 13.1 Å². The molecule has 0 spiro atoms. The van der Waals surface area contributed by atoms with Gasteiger partial charge in [-0.2, -0.15) is 10.1 Å². The number of hydrogen-bond donors (Lipinski definition) is 1. The molecule has 3 heterocycles. The fourth-order valence-corrected chi connectivity index (χ4v) is 3.61. The summed E-state index contributed by atoms with van der Waals surface area (Å²) in [5.41, 5.74) is 0. The highest BCUT2D eigenvalue weighted by atomic mass is 32.2. The van der Waals surface area contributed by atoms with Gasteiger partial charge in [0, 0.05) is 26.2 Å². The van der Waals surface area contributed by atoms with Gasteiger partial charge in [-0.05, 0) is 13.3 Å². The zero-order valence-electron chi connectivity index (χ0n) is 13.3. The van der Waals surface area contributed by atoms with Gasteiger partial charge in [0.05, 0.1) is 12.7 Å². The van der Waals surface area contributed by atoms with E-state index in [-0.39, 0.29) is 29.2 Å². The third kappa shape index (κ3) is 3.17. The fourth-order valence-electron chi connectivity index (χ4n) is 2.64. The van der Waals surface area contributed by atoms with Crippen molar-refractivity contribution in [3.8, 4) is 0 Å². The molecule has 0 radical (unpaired) electrons. The van der Waals surface area contributed by atoms with Crippen LogP contribution in [0, 0.1) is 0 Å². The fraction of sp³-hybridized carbons (Fsp3) is 0.538. The molecule has 0 unspecified atom stereocenters. The van der Waals surface area contributed by atoms with Crippen LogP contribution in [0.15, 0.2) is 21.8 Å². The van der Waals surface area contributed by atoms with Crippen molar-refractivity contribution in [1.82, 2.24) is 29.5 Å². The lowest BCUT2D eigenvalue weighted by Crippen LogP contribution is -2.27. The molecule has 130 valence electrons. The number of nitrogens with zero attached hydrogens (tertiary/aromatic N) is 5. The summed E-state index contributed by atoms with van der Waals surface area (Å²) in [6.07, 6.45) is 3.72. The average Bonchev–Trinajstić information content (AvgIpc) is 3.24. The van der Waals surface area contributed by atoms with Crippen molar-refractivity contribution in [3.05, 3.63) is 24.1 Å². The maximum atomic E-state index is 12.1. The maximum absolute atomic E-state index is 12.1. The topological polar surface area (TPSA) is 123 Å². The van der Waals surface area contributed by atoms with Crippen molar-refractivity contribution < 1.29 is 17.7 Å². The van der Waals surface area contributed by atoms with E-state index in [0.717, 1.165) is 0 Å². The van der Waals surface area contributed by atoms with Gasteiger partial charge in [-0.1, -0.05) is 5.16 Å². The largest absolute Gasteiger partial charge is 0.337 e. The number of carbonyl (C=O) groups excluding carboxylic acids is 1. The molecule has 10 nitrogen and oxygen atoms in total. The monoisotopic (exact) mass is 354 g/mol. The van der Waals surface area contributed by atoms with Crippen molar-refractivity contribution in [1.29, 1.82) is 0 Å². The number of aromatic nitrogens is 4. The lowest BCUT2D eigenvalue weighted by atomic mass is 10.2. The van der Waals surface area contributed by atoms with Crippen LogP contribution >= 0.6 is 0 Å². The quantitative estimate of drug-likeness (QED) is 0.772. The van der Waals surface area contributed by atoms with E-state index < -0.39 is 10.0 Å². The molecule has 2 aromatic rings. The van der Waals surface area contributed by atoms with E-state index in [1.807, 2.05) is 6.92 Å². The first-order valence-electron chi connectivity index (χ1n) is 7.51. The van der Waals surface area contributed by atoms with Gasteiger partial charge in [0.15, 0.2) is 5.82 Å². The molecule has 1 atom stereocenters. The Morgan fingerprint density at radius 2 is 2.25 bits per heavy atom. The minimum absolute atomic E-state index is 0.0551. The summed E-state index contributed by atoms with van der Waals surface area (Å²) in [6.45, 7) is 2.35. The first-order chi connectivity index (χ1) is 11.4. The molecule has 0 aromatic carbocycles. The minimum Gasteiger partial charge on any atom is -0.337 e. The van der Waals surface area contributed by atoms with Crippen LogP contribution in [-0.2, 0) is 28.4 Å². The second-order valence-corrected chi connectivity index (χ2v) is 7.22. The van der Waals surface area contributed by atoms with Gasteiger partial charge in [-0.15, -0.1) is 0 Å². The van der Waals surface area contributed by atoms with Crippen molar-refractivity contribution in [2.75, 3.05) is 6.54 Å². The van der Waals surface area contributed by atoms with Crippen LogP contribution in [0.25, 0.3) is 0 Å². The van der Waals surface area contributed by atoms with E-state index in [0.29, 0.717) is 25.3 Å². The number of amides is 1. The van der Waals surface area contributed by atoms with E-state index in [4.69, 9.17) is 4.52 Å². The maximum Gasteiger partial charge on any atom is 0.249 e. The second-order valence-electron chi connectivity index (χ2n) is 5.46. The van der Waals surface area contributed by atoms with Gasteiger partial charge >= 0.3 is 0 Å². The zero-order chi connectivity index (χ0) is 17.3. The molecule has 1 aliphatic rings. The molecule has 0 saturated carbocycles. The van der Waals surface area contributed by atoms with Crippen LogP contribution in [0.5, 0.6) is 0 Å². The number of rotatable bonds is 6. The molecule has 3 rings (SSSR count). The lowest BCUT2D eigenvalue weighted by Gasteiger charge is -2.19. The summed E-state index contributed by atoms with van der Waals surface area (Å²) >= 11 is 0. The number of sulfonamides is 1. The molecule has 1 saturated heterocycles.